The quantitative estimate of drug-likeness (QED) is 0.641. The predicted octanol–water partition coefficient (Wildman–Crippen LogP) is 2.27. The molecule has 150 valence electrons. The summed E-state index contributed by atoms with van der Waals surface area (Å²) in [6.07, 6.45) is 1.70. The number of piperazine rings is 1. The van der Waals surface area contributed by atoms with Crippen LogP contribution in [0.2, 0.25) is 0 Å². The van der Waals surface area contributed by atoms with Crippen molar-refractivity contribution < 1.29 is 13.2 Å². The molecule has 0 aromatic heterocycles. The van der Waals surface area contributed by atoms with Crippen LogP contribution in [0.25, 0.3) is 0 Å². The molecule has 6 nitrogen and oxygen atoms in total. The molecule has 1 aliphatic rings. The molecule has 1 fully saturated rings. The summed E-state index contributed by atoms with van der Waals surface area (Å²) in [7, 11) is -3.57. The van der Waals surface area contributed by atoms with E-state index < -0.39 is 10.0 Å². The molecule has 8 heteroatoms. The third-order valence-corrected chi connectivity index (χ3v) is 6.32. The maximum Gasteiger partial charge on any atom is 0.240 e. The van der Waals surface area contributed by atoms with Gasteiger partial charge in [-0.15, -0.1) is 11.6 Å². The standard InChI is InChI=1S/C20H24ClN3O3S/c21-11-1-2-16-5-9-19(10-6-16)28(26,27)23-14-17-3-7-18(8-4-17)24-13-12-22-20(25)15-24/h3-10,23H,1-2,11-15H2,(H,22,25). The zero-order valence-corrected chi connectivity index (χ0v) is 17.1. The van der Waals surface area contributed by atoms with E-state index in [0.717, 1.165) is 36.2 Å². The maximum atomic E-state index is 12.5. The fourth-order valence-electron chi connectivity index (χ4n) is 3.05. The van der Waals surface area contributed by atoms with Gasteiger partial charge in [-0.3, -0.25) is 4.79 Å². The van der Waals surface area contributed by atoms with Crippen LogP contribution in [0, 0.1) is 0 Å². The molecule has 1 saturated heterocycles. The molecular weight excluding hydrogens is 398 g/mol. The number of nitrogens with one attached hydrogen (secondary N) is 2. The normalized spacial score (nSPS) is 14.8. The van der Waals surface area contributed by atoms with E-state index in [1.807, 2.05) is 41.3 Å². The van der Waals surface area contributed by atoms with Gasteiger partial charge >= 0.3 is 0 Å². The zero-order chi connectivity index (χ0) is 20.0. The fraction of sp³-hybridized carbons (Fsp3) is 0.350. The molecule has 28 heavy (non-hydrogen) atoms. The lowest BCUT2D eigenvalue weighted by Gasteiger charge is -2.28. The van der Waals surface area contributed by atoms with E-state index in [2.05, 4.69) is 10.0 Å². The molecule has 1 amide bonds. The van der Waals surface area contributed by atoms with Crippen LogP contribution in [0.5, 0.6) is 0 Å². The van der Waals surface area contributed by atoms with Crippen LogP contribution in [-0.2, 0) is 27.8 Å². The van der Waals surface area contributed by atoms with Gasteiger partial charge < -0.3 is 10.2 Å². The highest BCUT2D eigenvalue weighted by Gasteiger charge is 2.17. The molecule has 2 aromatic rings. The van der Waals surface area contributed by atoms with Gasteiger partial charge in [-0.2, -0.15) is 0 Å². The first-order chi connectivity index (χ1) is 13.5. The van der Waals surface area contributed by atoms with Crippen molar-refractivity contribution in [2.45, 2.75) is 24.3 Å². The number of hydrogen-bond donors (Lipinski definition) is 2. The number of rotatable bonds is 8. The van der Waals surface area contributed by atoms with Crippen molar-refractivity contribution in [2.24, 2.45) is 0 Å². The third kappa shape index (κ3) is 5.47. The Kier molecular flexibility index (Phi) is 6.93. The number of nitrogens with zero attached hydrogens (tertiary/aromatic N) is 1. The Labute approximate surface area is 170 Å². The summed E-state index contributed by atoms with van der Waals surface area (Å²) in [5, 5.41) is 2.80. The van der Waals surface area contributed by atoms with E-state index >= 15 is 0 Å². The number of carbonyl (C=O) groups is 1. The lowest BCUT2D eigenvalue weighted by Crippen LogP contribution is -2.47. The minimum atomic E-state index is -3.57. The summed E-state index contributed by atoms with van der Waals surface area (Å²) in [4.78, 5) is 13.7. The lowest BCUT2D eigenvalue weighted by atomic mass is 10.1. The number of halogens is 1. The van der Waals surface area contributed by atoms with Crippen LogP contribution in [0.3, 0.4) is 0 Å². The van der Waals surface area contributed by atoms with Gasteiger partial charge in [-0.05, 0) is 48.2 Å². The Morgan fingerprint density at radius 3 is 2.36 bits per heavy atom. The van der Waals surface area contributed by atoms with Crippen molar-refractivity contribution >= 4 is 33.2 Å². The third-order valence-electron chi connectivity index (χ3n) is 4.64. The van der Waals surface area contributed by atoms with Crippen molar-refractivity contribution in [3.63, 3.8) is 0 Å². The molecule has 1 heterocycles. The highest BCUT2D eigenvalue weighted by molar-refractivity contribution is 7.89. The summed E-state index contributed by atoms with van der Waals surface area (Å²) in [5.74, 6) is 0.600. The topological polar surface area (TPSA) is 78.5 Å². The van der Waals surface area contributed by atoms with Gasteiger partial charge in [0.05, 0.1) is 11.4 Å². The minimum Gasteiger partial charge on any atom is -0.360 e. The highest BCUT2D eigenvalue weighted by Crippen LogP contribution is 2.17. The van der Waals surface area contributed by atoms with E-state index in [1.165, 1.54) is 0 Å². The number of aryl methyl sites for hydroxylation is 1. The highest BCUT2D eigenvalue weighted by atomic mass is 35.5. The van der Waals surface area contributed by atoms with Crippen molar-refractivity contribution in [3.05, 3.63) is 59.7 Å². The molecular formula is C20H24ClN3O3S. The Morgan fingerprint density at radius 1 is 1.04 bits per heavy atom. The van der Waals surface area contributed by atoms with E-state index in [4.69, 9.17) is 11.6 Å². The van der Waals surface area contributed by atoms with E-state index in [1.54, 1.807) is 12.1 Å². The van der Waals surface area contributed by atoms with E-state index in [-0.39, 0.29) is 17.3 Å². The first-order valence-electron chi connectivity index (χ1n) is 9.23. The molecule has 2 aromatic carbocycles. The van der Waals surface area contributed by atoms with E-state index in [9.17, 15) is 13.2 Å². The molecule has 0 atom stereocenters. The van der Waals surface area contributed by atoms with Gasteiger partial charge in [-0.1, -0.05) is 24.3 Å². The van der Waals surface area contributed by atoms with Gasteiger partial charge in [0.15, 0.2) is 0 Å². The van der Waals surface area contributed by atoms with Crippen LogP contribution in [0.15, 0.2) is 53.4 Å². The monoisotopic (exact) mass is 421 g/mol. The number of amides is 1. The van der Waals surface area contributed by atoms with Crippen molar-refractivity contribution in [3.8, 4) is 0 Å². The summed E-state index contributed by atoms with van der Waals surface area (Å²) in [5.41, 5.74) is 2.88. The maximum absolute atomic E-state index is 12.5. The predicted molar refractivity (Wildman–Crippen MR) is 111 cm³/mol. The minimum absolute atomic E-state index is 0.0109. The summed E-state index contributed by atoms with van der Waals surface area (Å²) in [6, 6.07) is 14.5. The van der Waals surface area contributed by atoms with Crippen molar-refractivity contribution in [2.75, 3.05) is 30.4 Å². The zero-order valence-electron chi connectivity index (χ0n) is 15.5. The Morgan fingerprint density at radius 2 is 1.71 bits per heavy atom. The van der Waals surface area contributed by atoms with Crippen LogP contribution in [0.1, 0.15) is 17.5 Å². The van der Waals surface area contributed by atoms with Gasteiger partial charge in [0.1, 0.15) is 0 Å². The summed E-state index contributed by atoms with van der Waals surface area (Å²) >= 11 is 5.69. The Hall–Kier alpha value is -2.09. The Bertz CT molecular complexity index is 899. The molecule has 0 saturated carbocycles. The van der Waals surface area contributed by atoms with Crippen LogP contribution in [0.4, 0.5) is 5.69 Å². The number of sulfonamides is 1. The van der Waals surface area contributed by atoms with Crippen LogP contribution in [-0.4, -0.2) is 39.8 Å². The smallest absolute Gasteiger partial charge is 0.240 e. The number of benzene rings is 2. The largest absolute Gasteiger partial charge is 0.360 e. The first kappa shape index (κ1) is 20.6. The van der Waals surface area contributed by atoms with Crippen LogP contribution < -0.4 is 14.9 Å². The number of hydrogen-bond acceptors (Lipinski definition) is 4. The first-order valence-corrected chi connectivity index (χ1v) is 11.2. The molecule has 2 N–H and O–H groups in total. The van der Waals surface area contributed by atoms with Gasteiger partial charge in [0, 0.05) is 31.2 Å². The molecule has 3 rings (SSSR count). The number of alkyl halides is 1. The van der Waals surface area contributed by atoms with Crippen molar-refractivity contribution in [1.29, 1.82) is 0 Å². The van der Waals surface area contributed by atoms with Crippen LogP contribution >= 0.6 is 11.6 Å². The molecule has 0 radical (unpaired) electrons. The molecule has 1 aliphatic heterocycles. The number of carbonyl (C=O) groups excluding carboxylic acids is 1. The summed E-state index contributed by atoms with van der Waals surface area (Å²) in [6.45, 7) is 1.94. The van der Waals surface area contributed by atoms with Gasteiger partial charge in [0.2, 0.25) is 15.9 Å². The molecule has 0 bridgehead atoms. The SMILES string of the molecule is O=C1CN(c2ccc(CNS(=O)(=O)c3ccc(CCCCl)cc3)cc2)CCN1. The molecule has 0 aliphatic carbocycles. The Balaban J connectivity index is 1.58. The second kappa shape index (κ2) is 9.41. The number of anilines is 1. The molecule has 0 unspecified atom stereocenters. The second-order valence-electron chi connectivity index (χ2n) is 6.70. The summed E-state index contributed by atoms with van der Waals surface area (Å²) < 4.78 is 27.6. The molecule has 0 spiro atoms. The van der Waals surface area contributed by atoms with Gasteiger partial charge in [0.25, 0.3) is 0 Å². The second-order valence-corrected chi connectivity index (χ2v) is 8.84. The average Bonchev–Trinajstić information content (AvgIpc) is 2.71. The average molecular weight is 422 g/mol. The van der Waals surface area contributed by atoms with E-state index in [0.29, 0.717) is 19.0 Å². The van der Waals surface area contributed by atoms with Crippen molar-refractivity contribution in [1.82, 2.24) is 10.0 Å². The lowest BCUT2D eigenvalue weighted by molar-refractivity contribution is -0.120. The fourth-order valence-corrected chi connectivity index (χ4v) is 4.20. The van der Waals surface area contributed by atoms with Gasteiger partial charge in [-0.25, -0.2) is 13.1 Å².